The van der Waals surface area contributed by atoms with Gasteiger partial charge in [-0.05, 0) is 25.1 Å². The number of benzene rings is 1. The number of hydrogen-bond acceptors (Lipinski definition) is 4. The molecule has 1 aliphatic rings. The standard InChI is InChI=1S/C14H11F2N3O2/c15-8-3-7(4-9(16)5-8)13-18-11-6-17-2-1-10(11)12(19-13)14(20)21/h3-5,17H,1-2,6H2,(H,20,21). The van der Waals surface area contributed by atoms with Crippen LogP contribution in [0.4, 0.5) is 8.78 Å². The number of nitrogens with one attached hydrogen (secondary N) is 1. The van der Waals surface area contributed by atoms with Crippen LogP contribution in [0.3, 0.4) is 0 Å². The van der Waals surface area contributed by atoms with Gasteiger partial charge in [0, 0.05) is 23.7 Å². The molecular weight excluding hydrogens is 280 g/mol. The lowest BCUT2D eigenvalue weighted by Crippen LogP contribution is -2.27. The van der Waals surface area contributed by atoms with E-state index in [9.17, 15) is 18.7 Å². The van der Waals surface area contributed by atoms with Crippen molar-refractivity contribution in [2.75, 3.05) is 6.54 Å². The molecule has 1 aliphatic heterocycles. The first-order valence-corrected chi connectivity index (χ1v) is 6.35. The van der Waals surface area contributed by atoms with Crippen LogP contribution >= 0.6 is 0 Å². The number of carboxylic acids is 1. The van der Waals surface area contributed by atoms with E-state index in [4.69, 9.17) is 0 Å². The van der Waals surface area contributed by atoms with Gasteiger partial charge in [-0.2, -0.15) is 0 Å². The van der Waals surface area contributed by atoms with E-state index < -0.39 is 17.6 Å². The van der Waals surface area contributed by atoms with Gasteiger partial charge in [0.1, 0.15) is 11.6 Å². The van der Waals surface area contributed by atoms with Gasteiger partial charge in [-0.15, -0.1) is 0 Å². The van der Waals surface area contributed by atoms with Gasteiger partial charge in [0.05, 0.1) is 5.69 Å². The Bertz CT molecular complexity index is 714. The minimum absolute atomic E-state index is 0.00764. The number of carboxylic acid groups (broad SMARTS) is 1. The Morgan fingerprint density at radius 3 is 2.57 bits per heavy atom. The third kappa shape index (κ3) is 2.59. The highest BCUT2D eigenvalue weighted by molar-refractivity contribution is 5.88. The first kappa shape index (κ1) is 13.6. The SMILES string of the molecule is O=C(O)c1nc(-c2cc(F)cc(F)c2)nc2c1CCNC2. The molecule has 0 aliphatic carbocycles. The normalized spacial score (nSPS) is 13.8. The molecule has 1 aromatic heterocycles. The highest BCUT2D eigenvalue weighted by Crippen LogP contribution is 2.23. The van der Waals surface area contributed by atoms with E-state index in [0.717, 1.165) is 18.2 Å². The summed E-state index contributed by atoms with van der Waals surface area (Å²) in [6.45, 7) is 1.05. The first-order chi connectivity index (χ1) is 10.0. The molecule has 0 atom stereocenters. The van der Waals surface area contributed by atoms with Crippen molar-refractivity contribution in [3.05, 3.63) is 46.8 Å². The molecule has 0 fully saturated rings. The van der Waals surface area contributed by atoms with Crippen molar-refractivity contribution >= 4 is 5.97 Å². The van der Waals surface area contributed by atoms with Gasteiger partial charge in [0.15, 0.2) is 11.5 Å². The Morgan fingerprint density at radius 1 is 1.19 bits per heavy atom. The quantitative estimate of drug-likeness (QED) is 0.882. The van der Waals surface area contributed by atoms with Gasteiger partial charge in [-0.25, -0.2) is 23.5 Å². The molecule has 0 bridgehead atoms. The van der Waals surface area contributed by atoms with E-state index in [1.54, 1.807) is 0 Å². The lowest BCUT2D eigenvalue weighted by atomic mass is 10.0. The highest BCUT2D eigenvalue weighted by atomic mass is 19.1. The summed E-state index contributed by atoms with van der Waals surface area (Å²) >= 11 is 0. The zero-order valence-electron chi connectivity index (χ0n) is 10.9. The zero-order chi connectivity index (χ0) is 15.0. The van der Waals surface area contributed by atoms with Crippen molar-refractivity contribution in [2.45, 2.75) is 13.0 Å². The Balaban J connectivity index is 2.19. The van der Waals surface area contributed by atoms with E-state index in [0.29, 0.717) is 30.8 Å². The van der Waals surface area contributed by atoms with E-state index in [-0.39, 0.29) is 17.1 Å². The number of fused-ring (bicyclic) bond motifs is 1. The molecule has 3 rings (SSSR count). The second-order valence-electron chi connectivity index (χ2n) is 4.71. The Hall–Kier alpha value is -2.41. The van der Waals surface area contributed by atoms with Crippen LogP contribution in [0.15, 0.2) is 18.2 Å². The number of halogens is 2. The van der Waals surface area contributed by atoms with Gasteiger partial charge in [0.2, 0.25) is 0 Å². The maximum absolute atomic E-state index is 13.3. The van der Waals surface area contributed by atoms with Crippen molar-refractivity contribution in [3.63, 3.8) is 0 Å². The molecule has 0 unspecified atom stereocenters. The summed E-state index contributed by atoms with van der Waals surface area (Å²) in [6.07, 6.45) is 0.509. The van der Waals surface area contributed by atoms with Crippen molar-refractivity contribution in [2.24, 2.45) is 0 Å². The van der Waals surface area contributed by atoms with Crippen molar-refractivity contribution in [3.8, 4) is 11.4 Å². The number of carbonyl (C=O) groups is 1. The van der Waals surface area contributed by atoms with Crippen LogP contribution in [0.25, 0.3) is 11.4 Å². The number of nitrogens with zero attached hydrogens (tertiary/aromatic N) is 2. The van der Waals surface area contributed by atoms with Gasteiger partial charge < -0.3 is 10.4 Å². The molecule has 5 nitrogen and oxygen atoms in total. The fourth-order valence-electron chi connectivity index (χ4n) is 2.35. The summed E-state index contributed by atoms with van der Waals surface area (Å²) in [5.74, 6) is -2.69. The molecule has 0 radical (unpaired) electrons. The van der Waals surface area contributed by atoms with E-state index >= 15 is 0 Å². The summed E-state index contributed by atoms with van der Waals surface area (Å²) in [5.41, 5.74) is 1.12. The maximum atomic E-state index is 13.3. The van der Waals surface area contributed by atoms with Gasteiger partial charge in [0.25, 0.3) is 0 Å². The molecule has 21 heavy (non-hydrogen) atoms. The molecule has 2 aromatic rings. The van der Waals surface area contributed by atoms with E-state index in [2.05, 4.69) is 15.3 Å². The third-order valence-electron chi connectivity index (χ3n) is 3.26. The highest BCUT2D eigenvalue weighted by Gasteiger charge is 2.22. The van der Waals surface area contributed by atoms with Crippen LogP contribution in [0.1, 0.15) is 21.7 Å². The summed E-state index contributed by atoms with van der Waals surface area (Å²) in [6, 6.07) is 2.89. The monoisotopic (exact) mass is 291 g/mol. The molecule has 108 valence electrons. The average molecular weight is 291 g/mol. The van der Waals surface area contributed by atoms with Crippen LogP contribution in [0, 0.1) is 11.6 Å². The molecule has 2 N–H and O–H groups in total. The number of aromatic carboxylic acids is 1. The number of aromatic nitrogens is 2. The Morgan fingerprint density at radius 2 is 1.90 bits per heavy atom. The third-order valence-corrected chi connectivity index (χ3v) is 3.26. The molecule has 0 saturated heterocycles. The lowest BCUT2D eigenvalue weighted by molar-refractivity contribution is 0.0688. The van der Waals surface area contributed by atoms with Crippen LogP contribution < -0.4 is 5.32 Å². The molecular formula is C14H11F2N3O2. The molecule has 0 spiro atoms. The number of hydrogen-bond donors (Lipinski definition) is 2. The molecule has 1 aromatic carbocycles. The second-order valence-corrected chi connectivity index (χ2v) is 4.71. The zero-order valence-corrected chi connectivity index (χ0v) is 10.9. The fraction of sp³-hybridized carbons (Fsp3) is 0.214. The summed E-state index contributed by atoms with van der Waals surface area (Å²) in [4.78, 5) is 19.5. The van der Waals surface area contributed by atoms with Gasteiger partial charge in [-0.3, -0.25) is 0 Å². The predicted octanol–water partition coefficient (Wildman–Crippen LogP) is 1.77. The van der Waals surface area contributed by atoms with Crippen molar-refractivity contribution in [1.29, 1.82) is 0 Å². The summed E-state index contributed by atoms with van der Waals surface area (Å²) in [5, 5.41) is 12.3. The smallest absolute Gasteiger partial charge is 0.354 e. The van der Waals surface area contributed by atoms with Crippen molar-refractivity contribution < 1.29 is 18.7 Å². The minimum Gasteiger partial charge on any atom is -0.476 e. The fourth-order valence-corrected chi connectivity index (χ4v) is 2.35. The van der Waals surface area contributed by atoms with Crippen LogP contribution in [0.2, 0.25) is 0 Å². The van der Waals surface area contributed by atoms with E-state index in [1.165, 1.54) is 0 Å². The predicted molar refractivity (Wildman–Crippen MR) is 69.8 cm³/mol. The summed E-state index contributed by atoms with van der Waals surface area (Å²) < 4.78 is 26.6. The second kappa shape index (κ2) is 5.17. The van der Waals surface area contributed by atoms with Crippen LogP contribution in [-0.2, 0) is 13.0 Å². The average Bonchev–Trinajstić information content (AvgIpc) is 2.45. The Labute approximate surface area is 118 Å². The van der Waals surface area contributed by atoms with Gasteiger partial charge >= 0.3 is 5.97 Å². The molecule has 0 amide bonds. The van der Waals surface area contributed by atoms with Crippen LogP contribution in [-0.4, -0.2) is 27.6 Å². The lowest BCUT2D eigenvalue weighted by Gasteiger charge is -2.18. The largest absolute Gasteiger partial charge is 0.476 e. The summed E-state index contributed by atoms with van der Waals surface area (Å²) in [7, 11) is 0. The molecule has 0 saturated carbocycles. The molecule has 2 heterocycles. The van der Waals surface area contributed by atoms with Crippen molar-refractivity contribution in [1.82, 2.24) is 15.3 Å². The Kier molecular flexibility index (Phi) is 3.34. The topological polar surface area (TPSA) is 75.1 Å². The van der Waals surface area contributed by atoms with E-state index in [1.807, 2.05) is 0 Å². The first-order valence-electron chi connectivity index (χ1n) is 6.35. The van der Waals surface area contributed by atoms with Gasteiger partial charge in [-0.1, -0.05) is 0 Å². The van der Waals surface area contributed by atoms with Crippen LogP contribution in [0.5, 0.6) is 0 Å². The maximum Gasteiger partial charge on any atom is 0.354 e. The minimum atomic E-state index is -1.17. The molecule has 7 heteroatoms. The number of rotatable bonds is 2.